The lowest BCUT2D eigenvalue weighted by molar-refractivity contribution is 0.0963. The van der Waals surface area contributed by atoms with Crippen molar-refractivity contribution in [1.82, 2.24) is 15.3 Å². The number of nitrogens with zero attached hydrogens (tertiary/aromatic N) is 3. The van der Waals surface area contributed by atoms with E-state index in [0.717, 1.165) is 41.3 Å². The number of morpholine rings is 1. The summed E-state index contributed by atoms with van der Waals surface area (Å²) in [5, 5.41) is 12.1. The fourth-order valence-corrected chi connectivity index (χ4v) is 3.41. The predicted molar refractivity (Wildman–Crippen MR) is 115 cm³/mol. The third kappa shape index (κ3) is 4.32. The van der Waals surface area contributed by atoms with Crippen LogP contribution in [-0.2, 0) is 11.3 Å². The first-order valence-corrected chi connectivity index (χ1v) is 9.92. The molecule has 0 atom stereocenters. The highest BCUT2D eigenvalue weighted by atomic mass is 16.5. The maximum absolute atomic E-state index is 11.8. The zero-order chi connectivity index (χ0) is 20.9. The Bertz CT molecular complexity index is 1030. The van der Waals surface area contributed by atoms with Crippen LogP contribution < -0.4 is 10.2 Å². The number of carbonyl (C=O) groups is 1. The molecule has 1 aliphatic heterocycles. The molecule has 154 valence electrons. The van der Waals surface area contributed by atoms with Crippen LogP contribution in [0.5, 0.6) is 0 Å². The maximum atomic E-state index is 11.8. The van der Waals surface area contributed by atoms with E-state index in [-0.39, 0.29) is 12.5 Å². The van der Waals surface area contributed by atoms with E-state index < -0.39 is 0 Å². The molecule has 30 heavy (non-hydrogen) atoms. The summed E-state index contributed by atoms with van der Waals surface area (Å²) in [6.45, 7) is 2.82. The summed E-state index contributed by atoms with van der Waals surface area (Å²) in [6.07, 6.45) is 0. The number of aromatic nitrogens is 2. The molecule has 2 aromatic carbocycles. The summed E-state index contributed by atoms with van der Waals surface area (Å²) in [5.74, 6) is 1.31. The molecule has 4 rings (SSSR count). The van der Waals surface area contributed by atoms with E-state index in [1.807, 2.05) is 42.5 Å². The van der Waals surface area contributed by atoms with Crippen molar-refractivity contribution in [3.05, 3.63) is 65.7 Å². The van der Waals surface area contributed by atoms with Gasteiger partial charge in [0.2, 0.25) is 0 Å². The van der Waals surface area contributed by atoms with E-state index in [1.165, 1.54) is 0 Å². The normalized spacial score (nSPS) is 13.9. The number of anilines is 1. The van der Waals surface area contributed by atoms with Crippen LogP contribution in [0.1, 0.15) is 15.9 Å². The summed E-state index contributed by atoms with van der Waals surface area (Å²) in [7, 11) is 1.61. The zero-order valence-electron chi connectivity index (χ0n) is 16.8. The summed E-state index contributed by atoms with van der Waals surface area (Å²) in [6, 6.07) is 16.9. The molecule has 1 saturated heterocycles. The molecule has 0 aliphatic carbocycles. The molecule has 1 aromatic heterocycles. The molecule has 1 amide bonds. The first kappa shape index (κ1) is 20.0. The van der Waals surface area contributed by atoms with Gasteiger partial charge in [0.1, 0.15) is 5.82 Å². The minimum atomic E-state index is -0.125. The van der Waals surface area contributed by atoms with E-state index in [4.69, 9.17) is 14.7 Å². The first-order valence-electron chi connectivity index (χ1n) is 9.92. The van der Waals surface area contributed by atoms with Crippen LogP contribution in [0, 0.1) is 0 Å². The average molecular weight is 404 g/mol. The number of aliphatic hydroxyl groups is 1. The van der Waals surface area contributed by atoms with E-state index >= 15 is 0 Å². The van der Waals surface area contributed by atoms with E-state index in [9.17, 15) is 9.90 Å². The Hall–Kier alpha value is -3.29. The Morgan fingerprint density at radius 2 is 1.83 bits per heavy atom. The maximum Gasteiger partial charge on any atom is 0.251 e. The topological polar surface area (TPSA) is 87.6 Å². The fourth-order valence-electron chi connectivity index (χ4n) is 3.41. The van der Waals surface area contributed by atoms with Crippen molar-refractivity contribution in [3.8, 4) is 22.6 Å². The monoisotopic (exact) mass is 404 g/mol. The summed E-state index contributed by atoms with van der Waals surface area (Å²) < 4.78 is 5.48. The highest BCUT2D eigenvalue weighted by Gasteiger charge is 2.17. The zero-order valence-corrected chi connectivity index (χ0v) is 16.8. The van der Waals surface area contributed by atoms with E-state index in [0.29, 0.717) is 24.6 Å². The van der Waals surface area contributed by atoms with Crippen molar-refractivity contribution in [3.63, 3.8) is 0 Å². The minimum absolute atomic E-state index is 0.0369. The second-order valence-corrected chi connectivity index (χ2v) is 7.05. The van der Waals surface area contributed by atoms with Crippen LogP contribution in [-0.4, -0.2) is 54.3 Å². The van der Waals surface area contributed by atoms with Gasteiger partial charge in [-0.05, 0) is 23.8 Å². The Labute approximate surface area is 175 Å². The van der Waals surface area contributed by atoms with Gasteiger partial charge in [0, 0.05) is 42.9 Å². The van der Waals surface area contributed by atoms with Crippen molar-refractivity contribution in [2.45, 2.75) is 6.61 Å². The molecule has 0 saturated carbocycles. The fraction of sp³-hybridized carbons (Fsp3) is 0.261. The lowest BCUT2D eigenvalue weighted by Gasteiger charge is -2.28. The van der Waals surface area contributed by atoms with Gasteiger partial charge in [-0.15, -0.1) is 0 Å². The third-order valence-corrected chi connectivity index (χ3v) is 5.09. The molecule has 1 fully saturated rings. The molecule has 0 radical (unpaired) electrons. The van der Waals surface area contributed by atoms with Gasteiger partial charge in [0.15, 0.2) is 5.82 Å². The molecule has 7 nitrogen and oxygen atoms in total. The molecule has 1 aliphatic rings. The second kappa shape index (κ2) is 9.02. The van der Waals surface area contributed by atoms with Crippen LogP contribution in [0.25, 0.3) is 22.6 Å². The van der Waals surface area contributed by atoms with Gasteiger partial charge in [0.25, 0.3) is 5.91 Å². The molecule has 2 heterocycles. The Morgan fingerprint density at radius 1 is 1.07 bits per heavy atom. The highest BCUT2D eigenvalue weighted by Crippen LogP contribution is 2.27. The number of nitrogens with one attached hydrogen (secondary N) is 1. The van der Waals surface area contributed by atoms with E-state index in [1.54, 1.807) is 19.2 Å². The van der Waals surface area contributed by atoms with Crippen LogP contribution in [0.2, 0.25) is 0 Å². The van der Waals surface area contributed by atoms with Crippen molar-refractivity contribution < 1.29 is 14.6 Å². The Kier molecular flexibility index (Phi) is 6.02. The highest BCUT2D eigenvalue weighted by molar-refractivity contribution is 5.94. The minimum Gasteiger partial charge on any atom is -0.392 e. The van der Waals surface area contributed by atoms with Crippen LogP contribution >= 0.6 is 0 Å². The lowest BCUT2D eigenvalue weighted by Crippen LogP contribution is -2.36. The average Bonchev–Trinajstić information content (AvgIpc) is 2.84. The molecule has 2 N–H and O–H groups in total. The molecular weight excluding hydrogens is 380 g/mol. The van der Waals surface area contributed by atoms with Crippen LogP contribution in [0.4, 0.5) is 5.82 Å². The van der Waals surface area contributed by atoms with Crippen LogP contribution in [0.15, 0.2) is 54.6 Å². The number of ether oxygens (including phenoxy) is 1. The van der Waals surface area contributed by atoms with Crippen LogP contribution in [0.3, 0.4) is 0 Å². The standard InChI is InChI=1S/C23H24N4O3/c1-24-23(29)18-7-5-17(6-8-18)20-14-21(27-9-11-30-12-10-27)26-22(25-20)19-4-2-3-16(13-19)15-28/h2-8,13-14,28H,9-12,15H2,1H3,(H,24,29). The Morgan fingerprint density at radius 3 is 2.53 bits per heavy atom. The molecule has 7 heteroatoms. The van der Waals surface area contributed by atoms with Crippen molar-refractivity contribution in [2.24, 2.45) is 0 Å². The smallest absolute Gasteiger partial charge is 0.251 e. The SMILES string of the molecule is CNC(=O)c1ccc(-c2cc(N3CCOCC3)nc(-c3cccc(CO)c3)n2)cc1. The van der Waals surface area contributed by atoms with Gasteiger partial charge >= 0.3 is 0 Å². The number of amides is 1. The second-order valence-electron chi connectivity index (χ2n) is 7.05. The van der Waals surface area contributed by atoms with Crippen molar-refractivity contribution >= 4 is 11.7 Å². The van der Waals surface area contributed by atoms with Crippen molar-refractivity contribution in [2.75, 3.05) is 38.3 Å². The molecule has 3 aromatic rings. The summed E-state index contributed by atoms with van der Waals surface area (Å²) in [4.78, 5) is 23.6. The van der Waals surface area contributed by atoms with Gasteiger partial charge in [-0.1, -0.05) is 30.3 Å². The van der Waals surface area contributed by atoms with Gasteiger partial charge < -0.3 is 20.1 Å². The molecule has 0 bridgehead atoms. The third-order valence-electron chi connectivity index (χ3n) is 5.09. The van der Waals surface area contributed by atoms with Gasteiger partial charge in [-0.3, -0.25) is 4.79 Å². The predicted octanol–water partition coefficient (Wildman–Crippen LogP) is 2.50. The largest absolute Gasteiger partial charge is 0.392 e. The molecular formula is C23H24N4O3. The van der Waals surface area contributed by atoms with Gasteiger partial charge in [-0.25, -0.2) is 9.97 Å². The number of aliphatic hydroxyl groups excluding tert-OH is 1. The molecule has 0 spiro atoms. The van der Waals surface area contributed by atoms with E-state index in [2.05, 4.69) is 10.2 Å². The number of hydrogen-bond acceptors (Lipinski definition) is 6. The molecule has 0 unspecified atom stereocenters. The van der Waals surface area contributed by atoms with Gasteiger partial charge in [0.05, 0.1) is 25.5 Å². The van der Waals surface area contributed by atoms with Crippen molar-refractivity contribution in [1.29, 1.82) is 0 Å². The lowest BCUT2D eigenvalue weighted by atomic mass is 10.1. The first-order chi connectivity index (χ1) is 14.7. The Balaban J connectivity index is 1.77. The number of benzene rings is 2. The summed E-state index contributed by atoms with van der Waals surface area (Å²) in [5.41, 5.74) is 3.93. The van der Waals surface area contributed by atoms with Gasteiger partial charge in [-0.2, -0.15) is 0 Å². The number of rotatable bonds is 5. The summed E-state index contributed by atoms with van der Waals surface area (Å²) >= 11 is 0. The quantitative estimate of drug-likeness (QED) is 0.679. The number of hydrogen-bond donors (Lipinski definition) is 2. The number of carbonyl (C=O) groups excluding carboxylic acids is 1.